The molecule has 3 aromatic heterocycles. The van der Waals surface area contributed by atoms with E-state index in [4.69, 9.17) is 16.6 Å². The molecule has 0 unspecified atom stereocenters. The summed E-state index contributed by atoms with van der Waals surface area (Å²) in [4.78, 5) is 8.99. The first-order valence-electron chi connectivity index (χ1n) is 8.74. The lowest BCUT2D eigenvalue weighted by Crippen LogP contribution is -2.16. The maximum Gasteiger partial charge on any atom is 0.165 e. The average Bonchev–Trinajstić information content (AvgIpc) is 3.07. The molecule has 0 radical (unpaired) electrons. The van der Waals surface area contributed by atoms with Crippen LogP contribution in [0.15, 0.2) is 61.1 Å². The van der Waals surface area contributed by atoms with E-state index in [0.29, 0.717) is 5.02 Å². The normalized spacial score (nSPS) is 11.7. The molecule has 27 heavy (non-hydrogen) atoms. The van der Waals surface area contributed by atoms with Crippen molar-refractivity contribution in [3.63, 3.8) is 0 Å². The summed E-state index contributed by atoms with van der Waals surface area (Å²) in [6.07, 6.45) is 5.36. The van der Waals surface area contributed by atoms with Crippen molar-refractivity contribution in [1.82, 2.24) is 19.6 Å². The summed E-state index contributed by atoms with van der Waals surface area (Å²) in [5, 5.41) is 8.72. The highest BCUT2D eigenvalue weighted by Gasteiger charge is 2.20. The van der Waals surface area contributed by atoms with Gasteiger partial charge in [0.1, 0.15) is 5.82 Å². The lowest BCUT2D eigenvalue weighted by Gasteiger charge is -2.20. The summed E-state index contributed by atoms with van der Waals surface area (Å²) in [6, 6.07) is 13.6. The second kappa shape index (κ2) is 6.67. The Morgan fingerprint density at radius 1 is 1.00 bits per heavy atom. The Labute approximate surface area is 163 Å². The number of aromatic nitrogens is 4. The van der Waals surface area contributed by atoms with Gasteiger partial charge in [-0.15, -0.1) is 0 Å². The molecule has 0 fully saturated rings. The Bertz CT molecular complexity index is 1080. The molecule has 136 valence electrons. The monoisotopic (exact) mass is 377 g/mol. The zero-order valence-corrected chi connectivity index (χ0v) is 16.2. The van der Waals surface area contributed by atoms with Crippen molar-refractivity contribution in [2.24, 2.45) is 0 Å². The molecule has 3 heterocycles. The van der Waals surface area contributed by atoms with Crippen LogP contribution >= 0.6 is 11.6 Å². The lowest BCUT2D eigenvalue weighted by atomic mass is 9.92. The molecule has 0 aliphatic rings. The van der Waals surface area contributed by atoms with E-state index >= 15 is 0 Å². The number of hydrogen-bond acceptors (Lipinski definition) is 4. The standard InChI is InChI=1S/C21H20ClN5/c1-21(2,3)18-12-19(25-16-8-10-23-11-9-16)27-20(26-18)17(13-24-27)14-4-6-15(22)7-5-14/h4-13H,1-3H3,(H,23,25). The van der Waals surface area contributed by atoms with E-state index in [1.165, 1.54) is 0 Å². The van der Waals surface area contributed by atoms with Gasteiger partial charge < -0.3 is 5.32 Å². The zero-order chi connectivity index (χ0) is 19.0. The van der Waals surface area contributed by atoms with Crippen molar-refractivity contribution in [3.8, 4) is 11.1 Å². The van der Waals surface area contributed by atoms with Crippen LogP contribution in [0.2, 0.25) is 5.02 Å². The third-order valence-corrected chi connectivity index (χ3v) is 4.60. The number of rotatable bonds is 3. The van der Waals surface area contributed by atoms with Gasteiger partial charge in [-0.25, -0.2) is 4.98 Å². The number of fused-ring (bicyclic) bond motifs is 1. The maximum absolute atomic E-state index is 6.04. The Morgan fingerprint density at radius 2 is 1.70 bits per heavy atom. The molecule has 0 atom stereocenters. The van der Waals surface area contributed by atoms with E-state index in [1.54, 1.807) is 12.4 Å². The summed E-state index contributed by atoms with van der Waals surface area (Å²) in [6.45, 7) is 6.46. The number of nitrogens with one attached hydrogen (secondary N) is 1. The molecule has 0 bridgehead atoms. The SMILES string of the molecule is CC(C)(C)c1cc(Nc2ccncc2)n2ncc(-c3ccc(Cl)cc3)c2n1. The van der Waals surface area contributed by atoms with E-state index < -0.39 is 0 Å². The molecule has 6 heteroatoms. The van der Waals surface area contributed by atoms with Crippen LogP contribution in [0, 0.1) is 0 Å². The van der Waals surface area contributed by atoms with Crippen LogP contribution in [0.5, 0.6) is 0 Å². The van der Waals surface area contributed by atoms with Crippen LogP contribution in [-0.4, -0.2) is 19.6 Å². The first-order valence-corrected chi connectivity index (χ1v) is 9.12. The second-order valence-electron chi connectivity index (χ2n) is 7.44. The molecule has 0 spiro atoms. The van der Waals surface area contributed by atoms with Gasteiger partial charge in [-0.1, -0.05) is 44.5 Å². The van der Waals surface area contributed by atoms with Crippen molar-refractivity contribution in [3.05, 3.63) is 71.8 Å². The highest BCUT2D eigenvalue weighted by molar-refractivity contribution is 6.30. The Balaban J connectivity index is 1.91. The number of pyridine rings is 1. The zero-order valence-electron chi connectivity index (χ0n) is 15.4. The molecule has 1 aromatic carbocycles. The first-order chi connectivity index (χ1) is 12.9. The number of hydrogen-bond donors (Lipinski definition) is 1. The van der Waals surface area contributed by atoms with E-state index in [-0.39, 0.29) is 5.41 Å². The molecule has 4 aromatic rings. The van der Waals surface area contributed by atoms with Gasteiger partial charge in [0, 0.05) is 40.1 Å². The molecular formula is C21H20ClN5. The molecule has 0 saturated heterocycles. The van der Waals surface area contributed by atoms with Gasteiger partial charge in [0.2, 0.25) is 0 Å². The third-order valence-electron chi connectivity index (χ3n) is 4.35. The van der Waals surface area contributed by atoms with Gasteiger partial charge in [0.25, 0.3) is 0 Å². The van der Waals surface area contributed by atoms with E-state index in [0.717, 1.165) is 34.0 Å². The predicted octanol–water partition coefficient (Wildman–Crippen LogP) is 5.49. The Kier molecular flexibility index (Phi) is 4.32. The van der Waals surface area contributed by atoms with E-state index in [1.807, 2.05) is 53.2 Å². The summed E-state index contributed by atoms with van der Waals surface area (Å²) in [5.74, 6) is 0.858. The number of benzene rings is 1. The van der Waals surface area contributed by atoms with Crippen LogP contribution in [0.3, 0.4) is 0 Å². The highest BCUT2D eigenvalue weighted by Crippen LogP contribution is 2.31. The molecular weight excluding hydrogens is 358 g/mol. The van der Waals surface area contributed by atoms with Crippen molar-refractivity contribution >= 4 is 28.8 Å². The minimum Gasteiger partial charge on any atom is -0.340 e. The topological polar surface area (TPSA) is 55.1 Å². The van der Waals surface area contributed by atoms with Crippen LogP contribution in [-0.2, 0) is 5.41 Å². The second-order valence-corrected chi connectivity index (χ2v) is 7.87. The molecule has 0 saturated carbocycles. The smallest absolute Gasteiger partial charge is 0.165 e. The largest absolute Gasteiger partial charge is 0.340 e. The number of halogens is 1. The number of anilines is 2. The highest BCUT2D eigenvalue weighted by atomic mass is 35.5. The van der Waals surface area contributed by atoms with Crippen LogP contribution in [0.25, 0.3) is 16.8 Å². The summed E-state index contributed by atoms with van der Waals surface area (Å²) >= 11 is 6.04. The van der Waals surface area contributed by atoms with E-state index in [9.17, 15) is 0 Å². The van der Waals surface area contributed by atoms with Crippen molar-refractivity contribution < 1.29 is 0 Å². The minimum absolute atomic E-state index is 0.0992. The fourth-order valence-electron chi connectivity index (χ4n) is 2.85. The first kappa shape index (κ1) is 17.5. The maximum atomic E-state index is 6.04. The van der Waals surface area contributed by atoms with Crippen LogP contribution in [0.1, 0.15) is 26.5 Å². The molecule has 4 rings (SSSR count). The summed E-state index contributed by atoms with van der Waals surface area (Å²) in [7, 11) is 0. The van der Waals surface area contributed by atoms with Crippen molar-refractivity contribution in [2.45, 2.75) is 26.2 Å². The minimum atomic E-state index is -0.0992. The predicted molar refractivity (Wildman–Crippen MR) is 110 cm³/mol. The van der Waals surface area contributed by atoms with Crippen LogP contribution < -0.4 is 5.32 Å². The van der Waals surface area contributed by atoms with E-state index in [2.05, 4.69) is 36.2 Å². The molecule has 0 aliphatic carbocycles. The van der Waals surface area contributed by atoms with Crippen molar-refractivity contribution in [1.29, 1.82) is 0 Å². The quantitative estimate of drug-likeness (QED) is 0.513. The van der Waals surface area contributed by atoms with Gasteiger partial charge in [0.05, 0.1) is 11.9 Å². The van der Waals surface area contributed by atoms with Gasteiger partial charge in [-0.3, -0.25) is 4.98 Å². The Morgan fingerprint density at radius 3 is 2.37 bits per heavy atom. The fraction of sp³-hybridized carbons (Fsp3) is 0.190. The average molecular weight is 378 g/mol. The third kappa shape index (κ3) is 3.51. The fourth-order valence-corrected chi connectivity index (χ4v) is 2.98. The van der Waals surface area contributed by atoms with Gasteiger partial charge in [-0.05, 0) is 29.8 Å². The van der Waals surface area contributed by atoms with Crippen LogP contribution in [0.4, 0.5) is 11.5 Å². The Hall–Kier alpha value is -2.92. The summed E-state index contributed by atoms with van der Waals surface area (Å²) < 4.78 is 1.83. The molecule has 1 N–H and O–H groups in total. The van der Waals surface area contributed by atoms with Gasteiger partial charge >= 0.3 is 0 Å². The molecule has 5 nitrogen and oxygen atoms in total. The molecule has 0 aliphatic heterocycles. The summed E-state index contributed by atoms with van der Waals surface area (Å²) in [5.41, 5.74) is 4.64. The van der Waals surface area contributed by atoms with Crippen molar-refractivity contribution in [2.75, 3.05) is 5.32 Å². The molecule has 0 amide bonds. The van der Waals surface area contributed by atoms with Gasteiger partial charge in [0.15, 0.2) is 5.65 Å². The van der Waals surface area contributed by atoms with Gasteiger partial charge in [-0.2, -0.15) is 9.61 Å². The lowest BCUT2D eigenvalue weighted by molar-refractivity contribution is 0.569. The number of nitrogens with zero attached hydrogens (tertiary/aromatic N) is 4.